The number of thiophene rings is 1. The molecule has 120 valence electrons. The van der Waals surface area contributed by atoms with E-state index in [0.717, 1.165) is 31.5 Å². The van der Waals surface area contributed by atoms with Crippen LogP contribution in [0.3, 0.4) is 0 Å². The van der Waals surface area contributed by atoms with Crippen molar-refractivity contribution >= 4 is 11.3 Å². The highest BCUT2D eigenvalue weighted by Gasteiger charge is 2.24. The normalized spacial score (nSPS) is 26.2. The summed E-state index contributed by atoms with van der Waals surface area (Å²) in [7, 11) is 0. The molecule has 2 unspecified atom stereocenters. The lowest BCUT2D eigenvalue weighted by molar-refractivity contribution is -0.00920. The third kappa shape index (κ3) is 5.39. The largest absolute Gasteiger partial charge is 0.373 e. The molecular weight excluding hydrogens is 278 g/mol. The van der Waals surface area contributed by atoms with E-state index in [1.165, 1.54) is 41.0 Å². The average Bonchev–Trinajstić information content (AvgIpc) is 2.76. The van der Waals surface area contributed by atoms with Crippen molar-refractivity contribution < 1.29 is 4.74 Å². The standard InChI is InChI=1S/C18H31NOS/c1-5-6-19-11-18-10-16(15(4)21-18)12-20-17-8-13(2)7-14(3)9-17/h10,13-14,17,19H,5-9,11-12H2,1-4H3. The molecule has 1 saturated carbocycles. The van der Waals surface area contributed by atoms with Crippen molar-refractivity contribution in [2.75, 3.05) is 6.54 Å². The molecular formula is C18H31NOS. The minimum absolute atomic E-state index is 0.463. The fourth-order valence-corrected chi connectivity index (χ4v) is 4.44. The number of ether oxygens (including phenoxy) is 1. The lowest BCUT2D eigenvalue weighted by atomic mass is 9.82. The maximum Gasteiger partial charge on any atom is 0.0731 e. The molecule has 2 rings (SSSR count). The first-order valence-corrected chi connectivity index (χ1v) is 9.30. The van der Waals surface area contributed by atoms with E-state index in [2.05, 4.69) is 39.1 Å². The van der Waals surface area contributed by atoms with Gasteiger partial charge in [0.2, 0.25) is 0 Å². The number of aryl methyl sites for hydroxylation is 1. The Balaban J connectivity index is 1.82. The maximum absolute atomic E-state index is 6.22. The molecule has 0 saturated heterocycles. The van der Waals surface area contributed by atoms with Gasteiger partial charge in [0.1, 0.15) is 0 Å². The van der Waals surface area contributed by atoms with Crippen LogP contribution in [0.4, 0.5) is 0 Å². The molecule has 2 atom stereocenters. The molecule has 1 fully saturated rings. The smallest absolute Gasteiger partial charge is 0.0731 e. The number of hydrogen-bond acceptors (Lipinski definition) is 3. The average molecular weight is 310 g/mol. The fraction of sp³-hybridized carbons (Fsp3) is 0.778. The first kappa shape index (κ1) is 17.0. The highest BCUT2D eigenvalue weighted by atomic mass is 32.1. The third-order valence-electron chi connectivity index (χ3n) is 4.41. The van der Waals surface area contributed by atoms with Crippen LogP contribution in [0.25, 0.3) is 0 Å². The molecule has 3 heteroatoms. The quantitative estimate of drug-likeness (QED) is 0.724. The summed E-state index contributed by atoms with van der Waals surface area (Å²) in [5.41, 5.74) is 1.39. The van der Waals surface area contributed by atoms with Gasteiger partial charge in [-0.1, -0.05) is 20.8 Å². The van der Waals surface area contributed by atoms with Crippen LogP contribution in [-0.2, 0) is 17.9 Å². The predicted octanol–water partition coefficient (Wildman–Crippen LogP) is 4.90. The third-order valence-corrected chi connectivity index (χ3v) is 5.50. The van der Waals surface area contributed by atoms with Gasteiger partial charge in [0.25, 0.3) is 0 Å². The molecule has 1 aliphatic carbocycles. The van der Waals surface area contributed by atoms with Crippen molar-refractivity contribution in [1.29, 1.82) is 0 Å². The maximum atomic E-state index is 6.22. The molecule has 0 radical (unpaired) electrons. The molecule has 2 nitrogen and oxygen atoms in total. The van der Waals surface area contributed by atoms with Crippen LogP contribution in [-0.4, -0.2) is 12.6 Å². The molecule has 1 heterocycles. The molecule has 0 bridgehead atoms. The summed E-state index contributed by atoms with van der Waals surface area (Å²) in [6, 6.07) is 2.33. The lowest BCUT2D eigenvalue weighted by Gasteiger charge is -2.31. The van der Waals surface area contributed by atoms with Crippen molar-refractivity contribution in [3.8, 4) is 0 Å². The number of rotatable bonds is 7. The van der Waals surface area contributed by atoms with E-state index in [1.807, 2.05) is 11.3 Å². The van der Waals surface area contributed by atoms with Gasteiger partial charge in [0.15, 0.2) is 0 Å². The van der Waals surface area contributed by atoms with E-state index in [4.69, 9.17) is 4.74 Å². The second-order valence-electron chi connectivity index (χ2n) is 6.82. The Morgan fingerprint density at radius 3 is 2.62 bits per heavy atom. The molecule has 0 aliphatic heterocycles. The number of nitrogens with one attached hydrogen (secondary N) is 1. The molecule has 0 amide bonds. The van der Waals surface area contributed by atoms with Crippen LogP contribution >= 0.6 is 11.3 Å². The molecule has 1 aromatic rings. The van der Waals surface area contributed by atoms with Gasteiger partial charge in [0.05, 0.1) is 12.7 Å². The van der Waals surface area contributed by atoms with E-state index < -0.39 is 0 Å². The van der Waals surface area contributed by atoms with Crippen molar-refractivity contribution in [1.82, 2.24) is 5.32 Å². The predicted molar refractivity (Wildman–Crippen MR) is 91.8 cm³/mol. The summed E-state index contributed by atoms with van der Waals surface area (Å²) in [5.74, 6) is 1.63. The molecule has 1 N–H and O–H groups in total. The number of hydrogen-bond donors (Lipinski definition) is 1. The van der Waals surface area contributed by atoms with Gasteiger partial charge in [-0.2, -0.15) is 0 Å². The topological polar surface area (TPSA) is 21.3 Å². The Labute approximate surface area is 134 Å². The second-order valence-corrected chi connectivity index (χ2v) is 8.16. The molecule has 0 spiro atoms. The zero-order valence-corrected chi connectivity index (χ0v) is 14.9. The van der Waals surface area contributed by atoms with Crippen molar-refractivity contribution in [3.63, 3.8) is 0 Å². The minimum atomic E-state index is 0.463. The van der Waals surface area contributed by atoms with Crippen LogP contribution < -0.4 is 5.32 Å². The van der Waals surface area contributed by atoms with Gasteiger partial charge in [-0.25, -0.2) is 0 Å². The molecule has 21 heavy (non-hydrogen) atoms. The van der Waals surface area contributed by atoms with Gasteiger partial charge in [-0.15, -0.1) is 11.3 Å². The highest BCUT2D eigenvalue weighted by Crippen LogP contribution is 2.31. The van der Waals surface area contributed by atoms with Gasteiger partial charge < -0.3 is 10.1 Å². The van der Waals surface area contributed by atoms with E-state index in [1.54, 1.807) is 0 Å². The van der Waals surface area contributed by atoms with Crippen LogP contribution in [0.15, 0.2) is 6.07 Å². The van der Waals surface area contributed by atoms with Gasteiger partial charge in [0, 0.05) is 16.3 Å². The minimum Gasteiger partial charge on any atom is -0.373 e. The van der Waals surface area contributed by atoms with Crippen LogP contribution in [0, 0.1) is 18.8 Å². The Kier molecular flexibility index (Phi) is 6.72. The SMILES string of the molecule is CCCNCc1cc(COC2CC(C)CC(C)C2)c(C)s1. The molecule has 0 aromatic carbocycles. The van der Waals surface area contributed by atoms with E-state index >= 15 is 0 Å². The fourth-order valence-electron chi connectivity index (χ4n) is 3.42. The first-order valence-electron chi connectivity index (χ1n) is 8.49. The molecule has 1 aliphatic rings. The van der Waals surface area contributed by atoms with E-state index in [0.29, 0.717) is 6.10 Å². The summed E-state index contributed by atoms with van der Waals surface area (Å²) >= 11 is 1.91. The Morgan fingerprint density at radius 1 is 1.24 bits per heavy atom. The van der Waals surface area contributed by atoms with Crippen molar-refractivity contribution in [2.24, 2.45) is 11.8 Å². The summed E-state index contributed by atoms with van der Waals surface area (Å²) in [6.45, 7) is 12.0. The Bertz CT molecular complexity index is 419. The van der Waals surface area contributed by atoms with E-state index in [-0.39, 0.29) is 0 Å². The van der Waals surface area contributed by atoms with Gasteiger partial charge >= 0.3 is 0 Å². The molecule has 1 aromatic heterocycles. The van der Waals surface area contributed by atoms with Crippen LogP contribution in [0.2, 0.25) is 0 Å². The summed E-state index contributed by atoms with van der Waals surface area (Å²) in [6.07, 6.45) is 5.49. The van der Waals surface area contributed by atoms with Crippen molar-refractivity contribution in [2.45, 2.75) is 72.6 Å². The Morgan fingerprint density at radius 2 is 1.95 bits per heavy atom. The lowest BCUT2D eigenvalue weighted by Crippen LogP contribution is -2.26. The Hall–Kier alpha value is -0.380. The first-order chi connectivity index (χ1) is 10.1. The monoisotopic (exact) mass is 309 g/mol. The second kappa shape index (κ2) is 8.30. The highest BCUT2D eigenvalue weighted by molar-refractivity contribution is 7.12. The zero-order valence-electron chi connectivity index (χ0n) is 14.1. The van der Waals surface area contributed by atoms with Crippen LogP contribution in [0.5, 0.6) is 0 Å². The van der Waals surface area contributed by atoms with Crippen molar-refractivity contribution in [3.05, 3.63) is 21.4 Å². The van der Waals surface area contributed by atoms with Gasteiger partial charge in [-0.05, 0) is 62.6 Å². The van der Waals surface area contributed by atoms with Gasteiger partial charge in [-0.3, -0.25) is 0 Å². The van der Waals surface area contributed by atoms with Crippen LogP contribution in [0.1, 0.15) is 61.8 Å². The summed E-state index contributed by atoms with van der Waals surface area (Å²) < 4.78 is 6.22. The summed E-state index contributed by atoms with van der Waals surface area (Å²) in [4.78, 5) is 2.85. The zero-order chi connectivity index (χ0) is 15.2. The van der Waals surface area contributed by atoms with E-state index in [9.17, 15) is 0 Å². The summed E-state index contributed by atoms with van der Waals surface area (Å²) in [5, 5.41) is 3.48.